The molecule has 0 aliphatic carbocycles. The first kappa shape index (κ1) is 34.6. The first-order valence-electron chi connectivity index (χ1n) is 8.55. The number of hydrogen-bond acceptors (Lipinski definition) is 6. The van der Waals surface area contributed by atoms with Gasteiger partial charge in [0.1, 0.15) is 0 Å². The van der Waals surface area contributed by atoms with Crippen molar-refractivity contribution in [1.82, 2.24) is 0 Å². The molecule has 1 heterocycles. The Morgan fingerprint density at radius 2 is 0.711 bits per heavy atom. The van der Waals surface area contributed by atoms with E-state index >= 15 is 0 Å². The molecule has 1 aliphatic heterocycles. The van der Waals surface area contributed by atoms with Crippen molar-refractivity contribution in [3.63, 3.8) is 0 Å². The SMILES string of the molecule is O=S1(=O)OCC(COC(C(F)(F)F)(C(F)(F)F)C(F)(F)F)(COC(C(F)(F)F)(C(F)(F)F)C(F)(F)F)CO1. The molecule has 1 aliphatic rings. The molecule has 0 radical (unpaired) electrons. The highest BCUT2D eigenvalue weighted by Crippen LogP contribution is 2.57. The topological polar surface area (TPSA) is 71.1 Å². The van der Waals surface area contributed by atoms with Gasteiger partial charge >= 0.3 is 58.7 Å². The fourth-order valence-electron chi connectivity index (χ4n) is 2.66. The first-order chi connectivity index (χ1) is 16.3. The van der Waals surface area contributed by atoms with Crippen LogP contribution in [0, 0.1) is 5.41 Å². The predicted octanol–water partition coefficient (Wildman–Crippen LogP) is 5.15. The van der Waals surface area contributed by atoms with E-state index in [0.29, 0.717) is 0 Å². The Bertz CT molecular complexity index is 795. The molecule has 1 fully saturated rings. The lowest BCUT2D eigenvalue weighted by Gasteiger charge is -2.44. The van der Waals surface area contributed by atoms with Crippen LogP contribution in [-0.2, 0) is 28.2 Å². The predicted molar refractivity (Wildman–Crippen MR) is 77.0 cm³/mol. The summed E-state index contributed by atoms with van der Waals surface area (Å²) >= 11 is 0. The maximum Gasteiger partial charge on any atom is 0.435 e. The van der Waals surface area contributed by atoms with Crippen LogP contribution in [0.2, 0.25) is 0 Å². The number of ether oxygens (including phenoxy) is 2. The number of hydrogen-bond donors (Lipinski definition) is 0. The number of alkyl halides is 18. The van der Waals surface area contributed by atoms with Crippen LogP contribution in [0.4, 0.5) is 79.0 Å². The molecule has 0 aromatic heterocycles. The first-order valence-corrected chi connectivity index (χ1v) is 9.88. The minimum absolute atomic E-state index is 2.26. The fraction of sp³-hybridized carbons (Fsp3) is 1.00. The third kappa shape index (κ3) is 5.99. The van der Waals surface area contributed by atoms with E-state index in [0.717, 1.165) is 0 Å². The quantitative estimate of drug-likeness (QED) is 0.377. The summed E-state index contributed by atoms with van der Waals surface area (Å²) in [5.41, 5.74) is -18.3. The lowest BCUT2D eigenvalue weighted by Crippen LogP contribution is -2.70. The van der Waals surface area contributed by atoms with Crippen LogP contribution in [0.15, 0.2) is 0 Å². The van der Waals surface area contributed by atoms with E-state index in [1.807, 2.05) is 0 Å². The van der Waals surface area contributed by atoms with Gasteiger partial charge in [0.25, 0.3) is 0 Å². The third-order valence-electron chi connectivity index (χ3n) is 4.60. The van der Waals surface area contributed by atoms with Crippen molar-refractivity contribution in [2.24, 2.45) is 5.41 Å². The van der Waals surface area contributed by atoms with Gasteiger partial charge in [0.15, 0.2) is 0 Å². The highest BCUT2D eigenvalue weighted by atomic mass is 32.3. The van der Waals surface area contributed by atoms with Gasteiger partial charge in [0.05, 0.1) is 31.8 Å². The summed E-state index contributed by atoms with van der Waals surface area (Å²) in [7, 11) is -5.38. The van der Waals surface area contributed by atoms with Crippen molar-refractivity contribution >= 4 is 10.4 Å². The standard InChI is InChI=1S/C13H8F18O6S/c14-8(15,16)6(9(17,18)19,10(20,21)22)34-1-5(3-36-38(32,33)37-4-5)2-35-7(11(23,24)25,12(26,27)28)13(29,30)31/h1-4H2. The Hall–Kier alpha value is -1.47. The van der Waals surface area contributed by atoms with Gasteiger partial charge in [-0.15, -0.1) is 0 Å². The molecule has 0 spiro atoms. The molecule has 0 N–H and O–H groups in total. The summed E-state index contributed by atoms with van der Waals surface area (Å²) in [6, 6.07) is 0. The number of halogens is 18. The van der Waals surface area contributed by atoms with Crippen LogP contribution >= 0.6 is 0 Å². The molecule has 0 aromatic carbocycles. The zero-order chi connectivity index (χ0) is 30.7. The summed E-state index contributed by atoms with van der Waals surface area (Å²) in [5.74, 6) is 0. The van der Waals surface area contributed by atoms with Crippen molar-refractivity contribution in [2.75, 3.05) is 26.4 Å². The van der Waals surface area contributed by atoms with Crippen LogP contribution in [0.1, 0.15) is 0 Å². The summed E-state index contributed by atoms with van der Waals surface area (Å²) in [4.78, 5) is 0. The molecule has 38 heavy (non-hydrogen) atoms. The molecule has 0 saturated carbocycles. The maximum absolute atomic E-state index is 13.0. The van der Waals surface area contributed by atoms with E-state index in [2.05, 4.69) is 17.8 Å². The van der Waals surface area contributed by atoms with E-state index in [4.69, 9.17) is 0 Å². The smallest absolute Gasteiger partial charge is 0.350 e. The Balaban J connectivity index is 3.70. The highest BCUT2D eigenvalue weighted by molar-refractivity contribution is 7.81. The second kappa shape index (κ2) is 9.57. The van der Waals surface area contributed by atoms with Crippen LogP contribution in [0.25, 0.3) is 0 Å². The van der Waals surface area contributed by atoms with Gasteiger partial charge in [0, 0.05) is 0 Å². The minimum atomic E-state index is -7.51. The van der Waals surface area contributed by atoms with Gasteiger partial charge in [-0.3, -0.25) is 0 Å². The monoisotopic (exact) mass is 634 g/mol. The zero-order valence-corrected chi connectivity index (χ0v) is 17.8. The zero-order valence-electron chi connectivity index (χ0n) is 17.0. The van der Waals surface area contributed by atoms with Gasteiger partial charge in [-0.05, 0) is 0 Å². The van der Waals surface area contributed by atoms with Crippen molar-refractivity contribution in [3.05, 3.63) is 0 Å². The summed E-state index contributed by atoms with van der Waals surface area (Å²) < 4.78 is 269. The van der Waals surface area contributed by atoms with Crippen LogP contribution in [0.3, 0.4) is 0 Å². The molecule has 0 aromatic rings. The van der Waals surface area contributed by atoms with Crippen molar-refractivity contribution < 1.29 is 105 Å². The van der Waals surface area contributed by atoms with Crippen molar-refractivity contribution in [3.8, 4) is 0 Å². The van der Waals surface area contributed by atoms with E-state index < -0.39 is 90.5 Å². The Kier molecular flexibility index (Phi) is 8.70. The lowest BCUT2D eigenvalue weighted by molar-refractivity contribution is -0.468. The molecular weight excluding hydrogens is 626 g/mol. The van der Waals surface area contributed by atoms with E-state index in [1.54, 1.807) is 0 Å². The molecule has 6 nitrogen and oxygen atoms in total. The average molecular weight is 634 g/mol. The van der Waals surface area contributed by atoms with Crippen LogP contribution in [-0.4, -0.2) is 83.1 Å². The Morgan fingerprint density at radius 1 is 0.500 bits per heavy atom. The van der Waals surface area contributed by atoms with Gasteiger partial charge < -0.3 is 9.47 Å². The Morgan fingerprint density at radius 3 is 0.895 bits per heavy atom. The maximum atomic E-state index is 13.0. The molecule has 1 rings (SSSR count). The van der Waals surface area contributed by atoms with Gasteiger partial charge in [0.2, 0.25) is 0 Å². The normalized spacial score (nSPS) is 20.5. The molecule has 1 saturated heterocycles. The summed E-state index contributed by atoms with van der Waals surface area (Å²) in [5, 5.41) is 0. The minimum Gasteiger partial charge on any atom is -0.350 e. The molecule has 228 valence electrons. The highest BCUT2D eigenvalue weighted by Gasteiger charge is 2.87. The number of rotatable bonds is 6. The van der Waals surface area contributed by atoms with Crippen LogP contribution < -0.4 is 0 Å². The Labute approximate surface area is 197 Å². The van der Waals surface area contributed by atoms with E-state index in [1.165, 1.54) is 0 Å². The third-order valence-corrected chi connectivity index (χ3v) is 5.42. The van der Waals surface area contributed by atoms with Crippen molar-refractivity contribution in [2.45, 2.75) is 48.3 Å². The molecule has 0 amide bonds. The van der Waals surface area contributed by atoms with E-state index in [-0.39, 0.29) is 0 Å². The summed E-state index contributed by atoms with van der Waals surface area (Å²) in [6.45, 7) is -10.6. The molecular formula is C13H8F18O6S. The molecule has 0 unspecified atom stereocenters. The molecule has 25 heteroatoms. The van der Waals surface area contributed by atoms with Crippen LogP contribution in [0.5, 0.6) is 0 Å². The second-order valence-electron chi connectivity index (χ2n) is 7.36. The van der Waals surface area contributed by atoms with Gasteiger partial charge in [-0.1, -0.05) is 0 Å². The fourth-order valence-corrected chi connectivity index (χ4v) is 3.51. The second-order valence-corrected chi connectivity index (χ2v) is 8.65. The molecule has 0 atom stereocenters. The lowest BCUT2D eigenvalue weighted by atomic mass is 9.90. The largest absolute Gasteiger partial charge is 0.435 e. The van der Waals surface area contributed by atoms with Gasteiger partial charge in [-0.25, -0.2) is 8.37 Å². The van der Waals surface area contributed by atoms with Gasteiger partial charge in [-0.2, -0.15) is 87.4 Å². The summed E-state index contributed by atoms with van der Waals surface area (Å²) in [6.07, 6.45) is -45.1. The average Bonchev–Trinajstić information content (AvgIpc) is 2.57. The van der Waals surface area contributed by atoms with E-state index in [9.17, 15) is 87.4 Å². The van der Waals surface area contributed by atoms with Crippen molar-refractivity contribution in [1.29, 1.82) is 0 Å². The molecule has 0 bridgehead atoms.